The summed E-state index contributed by atoms with van der Waals surface area (Å²) < 4.78 is 0. The average molecular weight is 478 g/mol. The van der Waals surface area contributed by atoms with Crippen molar-refractivity contribution in [1.29, 1.82) is 0 Å². The quantitative estimate of drug-likeness (QED) is 0.177. The van der Waals surface area contributed by atoms with Crippen LogP contribution in [0.15, 0.2) is 35.9 Å². The molecule has 0 radical (unpaired) electrons. The lowest BCUT2D eigenvalue weighted by molar-refractivity contribution is 0.711. The highest BCUT2D eigenvalue weighted by Crippen LogP contribution is 2.28. The summed E-state index contributed by atoms with van der Waals surface area (Å²) >= 11 is 0. The van der Waals surface area contributed by atoms with Crippen LogP contribution < -0.4 is 0 Å². The molecular weight excluding hydrogens is 440 g/mol. The van der Waals surface area contributed by atoms with Crippen molar-refractivity contribution in [3.05, 3.63) is 35.9 Å². The molecule has 142 valence electrons. The first kappa shape index (κ1) is 28.9. The molecule has 8 heteroatoms. The fraction of sp³-hybridized carbons (Fsp3) is 0.625. The van der Waals surface area contributed by atoms with E-state index in [1.165, 1.54) is 63.7 Å². The van der Waals surface area contributed by atoms with E-state index in [0.717, 1.165) is 33.1 Å². The molecule has 0 fully saturated rings. The van der Waals surface area contributed by atoms with E-state index in [9.17, 15) is 0 Å². The zero-order valence-corrected chi connectivity index (χ0v) is 23.5. The van der Waals surface area contributed by atoms with Crippen molar-refractivity contribution in [3.63, 3.8) is 0 Å². The van der Waals surface area contributed by atoms with Gasteiger partial charge in [0.2, 0.25) is 0 Å². The first-order chi connectivity index (χ1) is 11.8. The van der Waals surface area contributed by atoms with Crippen molar-refractivity contribution in [3.8, 4) is 0 Å². The Labute approximate surface area is 168 Å². The Kier molecular flexibility index (Phi) is 36.6. The van der Waals surface area contributed by atoms with Gasteiger partial charge in [0, 0.05) is 0 Å². The minimum atomic E-state index is 0.894. The van der Waals surface area contributed by atoms with Gasteiger partial charge in [0.25, 0.3) is 0 Å². The zero-order valence-electron chi connectivity index (χ0n) is 14.8. The van der Waals surface area contributed by atoms with Crippen LogP contribution in [-0.4, -0.2) is 12.3 Å². The molecule has 1 rings (SSSR count). The Morgan fingerprint density at radius 3 is 1.17 bits per heavy atom. The monoisotopic (exact) mass is 478 g/mol. The van der Waals surface area contributed by atoms with Crippen LogP contribution in [0, 0.1) is 0 Å². The smallest absolute Gasteiger partial charge is 0.0316 e. The summed E-state index contributed by atoms with van der Waals surface area (Å²) in [6.07, 6.45) is 22.7. The Bertz CT molecular complexity index is 252. The average Bonchev–Trinajstić information content (AvgIpc) is 2.57. The standard InChI is InChI=1S/C8H12.C6H18P4.C2H8P4/c1-2-4-6-8-7-5-3-1;7-9-5-3-1-2-4-6-10-8;3-5-1-2-6-4/h1-2,7-8H,3-6H2;9-10H,1-8H2;1-2,5-6H,3-4H2/b2-1-,8-7?;;2-1+. The van der Waals surface area contributed by atoms with Crippen molar-refractivity contribution in [2.75, 3.05) is 12.3 Å². The number of unbranched alkanes of at least 4 members (excludes halogenated alkanes) is 3. The normalized spacial score (nSPS) is 16.8. The van der Waals surface area contributed by atoms with Gasteiger partial charge in [-0.15, -0.1) is 52.3 Å². The van der Waals surface area contributed by atoms with E-state index >= 15 is 0 Å². The maximum absolute atomic E-state index is 2.81. The summed E-state index contributed by atoms with van der Waals surface area (Å²) in [7, 11) is 14.9. The van der Waals surface area contributed by atoms with E-state index < -0.39 is 0 Å². The number of rotatable bonds is 9. The fourth-order valence-corrected chi connectivity index (χ4v) is 6.40. The molecule has 0 heterocycles. The zero-order chi connectivity index (χ0) is 18.1. The first-order valence-electron chi connectivity index (χ1n) is 8.57. The van der Waals surface area contributed by atoms with Gasteiger partial charge in [0.05, 0.1) is 0 Å². The Morgan fingerprint density at radius 2 is 0.917 bits per heavy atom. The Morgan fingerprint density at radius 1 is 0.583 bits per heavy atom. The SMILES string of the molecule is C1=CCC/C=C\CC1.PP/C=C/PP.PPCCCCCCPP. The third-order valence-electron chi connectivity index (χ3n) is 3.00. The predicted octanol–water partition coefficient (Wildman–Crippen LogP) is 8.55. The molecule has 8 unspecified atom stereocenters. The van der Waals surface area contributed by atoms with Crippen LogP contribution in [0.4, 0.5) is 0 Å². The summed E-state index contributed by atoms with van der Waals surface area (Å²) in [4.78, 5) is 0. The van der Waals surface area contributed by atoms with E-state index in [2.05, 4.69) is 71.7 Å². The van der Waals surface area contributed by atoms with Crippen LogP contribution in [0.25, 0.3) is 0 Å². The van der Waals surface area contributed by atoms with E-state index in [1.54, 1.807) is 0 Å². The van der Waals surface area contributed by atoms with Gasteiger partial charge < -0.3 is 0 Å². The van der Waals surface area contributed by atoms with Crippen LogP contribution in [0.2, 0.25) is 0 Å². The Balaban J connectivity index is 0. The summed E-state index contributed by atoms with van der Waals surface area (Å²) in [5, 5.41) is 0. The van der Waals surface area contributed by atoms with Crippen LogP contribution >= 0.6 is 68.8 Å². The largest absolute Gasteiger partial charge is 0.114 e. The number of allylic oxidation sites excluding steroid dienone is 4. The van der Waals surface area contributed by atoms with Crippen molar-refractivity contribution >= 4 is 68.8 Å². The molecule has 0 spiro atoms. The fourth-order valence-electron chi connectivity index (χ4n) is 1.76. The van der Waals surface area contributed by atoms with Gasteiger partial charge in [-0.1, -0.05) is 65.3 Å². The third-order valence-corrected chi connectivity index (χ3v) is 8.22. The lowest BCUT2D eigenvalue weighted by Gasteiger charge is -1.97. The molecule has 0 aromatic heterocycles. The second-order valence-corrected chi connectivity index (χ2v) is 12.7. The molecule has 1 aliphatic carbocycles. The highest BCUT2D eigenvalue weighted by Gasteiger charge is 1.87. The van der Waals surface area contributed by atoms with Gasteiger partial charge in [-0.3, -0.25) is 0 Å². The predicted molar refractivity (Wildman–Crippen MR) is 146 cm³/mol. The van der Waals surface area contributed by atoms with Gasteiger partial charge in [-0.25, -0.2) is 0 Å². The van der Waals surface area contributed by atoms with E-state index in [0.29, 0.717) is 0 Å². The third kappa shape index (κ3) is 32.3. The van der Waals surface area contributed by atoms with E-state index in [1.807, 2.05) is 0 Å². The summed E-state index contributed by atoms with van der Waals surface area (Å²) in [5.41, 5.74) is 0. The molecule has 8 atom stereocenters. The molecule has 0 saturated heterocycles. The van der Waals surface area contributed by atoms with Crippen LogP contribution in [0.5, 0.6) is 0 Å². The van der Waals surface area contributed by atoms with Crippen LogP contribution in [0.3, 0.4) is 0 Å². The van der Waals surface area contributed by atoms with Crippen molar-refractivity contribution in [2.45, 2.75) is 51.4 Å². The van der Waals surface area contributed by atoms with Crippen molar-refractivity contribution in [1.82, 2.24) is 0 Å². The Hall–Kier alpha value is 2.66. The van der Waals surface area contributed by atoms with E-state index in [4.69, 9.17) is 0 Å². The lowest BCUT2D eigenvalue weighted by atomic mass is 10.1. The molecule has 0 nitrogen and oxygen atoms in total. The van der Waals surface area contributed by atoms with Gasteiger partial charge in [-0.05, 0) is 50.8 Å². The first-order valence-corrected chi connectivity index (χ1v) is 20.4. The molecule has 1 aliphatic rings. The summed E-state index contributed by atoms with van der Waals surface area (Å²) in [5.74, 6) is 4.33. The molecule has 24 heavy (non-hydrogen) atoms. The van der Waals surface area contributed by atoms with Crippen LogP contribution in [0.1, 0.15) is 51.4 Å². The van der Waals surface area contributed by atoms with Gasteiger partial charge in [0.1, 0.15) is 0 Å². The van der Waals surface area contributed by atoms with Crippen LogP contribution in [-0.2, 0) is 0 Å². The lowest BCUT2D eigenvalue weighted by Crippen LogP contribution is -1.79. The molecule has 0 aliphatic heterocycles. The molecule has 0 aromatic carbocycles. The highest BCUT2D eigenvalue weighted by molar-refractivity contribution is 8.06. The van der Waals surface area contributed by atoms with Crippen molar-refractivity contribution < 1.29 is 0 Å². The summed E-state index contributed by atoms with van der Waals surface area (Å²) in [6, 6.07) is 0. The molecular formula is C16H38P8. The van der Waals surface area contributed by atoms with Gasteiger partial charge in [0.15, 0.2) is 0 Å². The minimum absolute atomic E-state index is 0.894. The molecule has 0 amide bonds. The second-order valence-electron chi connectivity index (χ2n) is 5.09. The van der Waals surface area contributed by atoms with E-state index in [-0.39, 0.29) is 0 Å². The van der Waals surface area contributed by atoms with Gasteiger partial charge in [-0.2, -0.15) is 0 Å². The van der Waals surface area contributed by atoms with Crippen molar-refractivity contribution in [2.24, 2.45) is 0 Å². The highest BCUT2D eigenvalue weighted by atomic mass is 32.0. The van der Waals surface area contributed by atoms with Gasteiger partial charge >= 0.3 is 0 Å². The number of hydrogen-bond donors (Lipinski definition) is 0. The maximum Gasteiger partial charge on any atom is -0.0316 e. The molecule has 0 bridgehead atoms. The molecule has 0 aromatic rings. The maximum atomic E-state index is 2.81. The number of hydrogen-bond acceptors (Lipinski definition) is 0. The molecule has 0 N–H and O–H groups in total. The minimum Gasteiger partial charge on any atom is -0.114 e. The second kappa shape index (κ2) is 30.4. The topological polar surface area (TPSA) is 0 Å². The molecule has 0 saturated carbocycles. The summed E-state index contributed by atoms with van der Waals surface area (Å²) in [6.45, 7) is 0.